The van der Waals surface area contributed by atoms with Gasteiger partial charge in [-0.2, -0.15) is 5.01 Å². The maximum Gasteiger partial charge on any atom is 0.268 e. The van der Waals surface area contributed by atoms with Crippen molar-refractivity contribution < 1.29 is 9.59 Å². The minimum absolute atomic E-state index is 0.151. The molecule has 0 saturated heterocycles. The molecular formula is C22H33N5O2. The van der Waals surface area contributed by atoms with Gasteiger partial charge in [0.05, 0.1) is 6.04 Å². The molecule has 1 aliphatic carbocycles. The molecule has 1 unspecified atom stereocenters. The molecule has 1 heterocycles. The summed E-state index contributed by atoms with van der Waals surface area (Å²) in [5.74, 6) is -0.182. The van der Waals surface area contributed by atoms with Crippen LogP contribution in [0.25, 0.3) is 0 Å². The molecule has 0 aromatic heterocycles. The van der Waals surface area contributed by atoms with Gasteiger partial charge in [0.25, 0.3) is 5.91 Å². The van der Waals surface area contributed by atoms with Crippen LogP contribution in [0.2, 0.25) is 0 Å². The van der Waals surface area contributed by atoms with Crippen LogP contribution in [0.15, 0.2) is 42.1 Å². The summed E-state index contributed by atoms with van der Waals surface area (Å²) in [5, 5.41) is 4.48. The van der Waals surface area contributed by atoms with Crippen LogP contribution in [0.3, 0.4) is 0 Å². The molecule has 6 N–H and O–H groups in total. The van der Waals surface area contributed by atoms with Gasteiger partial charge in [-0.15, -0.1) is 0 Å². The van der Waals surface area contributed by atoms with E-state index in [1.807, 2.05) is 42.3 Å². The van der Waals surface area contributed by atoms with Crippen molar-refractivity contribution >= 4 is 11.8 Å². The van der Waals surface area contributed by atoms with Gasteiger partial charge in [-0.1, -0.05) is 30.3 Å². The van der Waals surface area contributed by atoms with Gasteiger partial charge < -0.3 is 22.2 Å². The van der Waals surface area contributed by atoms with E-state index in [2.05, 4.69) is 10.7 Å². The molecule has 3 rings (SSSR count). The molecular weight excluding hydrogens is 366 g/mol. The topological polar surface area (TPSA) is 113 Å². The maximum absolute atomic E-state index is 12.8. The fourth-order valence-corrected chi connectivity index (χ4v) is 4.55. The van der Waals surface area contributed by atoms with Crippen molar-refractivity contribution in [1.29, 1.82) is 0 Å². The van der Waals surface area contributed by atoms with Crippen LogP contribution in [-0.2, 0) is 9.59 Å². The summed E-state index contributed by atoms with van der Waals surface area (Å²) in [6, 6.07) is 10.0. The predicted molar refractivity (Wildman–Crippen MR) is 113 cm³/mol. The smallest absolute Gasteiger partial charge is 0.268 e. The number of nitrogens with two attached hydrogens (primary N) is 2. The summed E-state index contributed by atoms with van der Waals surface area (Å²) < 4.78 is 0. The summed E-state index contributed by atoms with van der Waals surface area (Å²) in [7, 11) is 1.57. The van der Waals surface area contributed by atoms with Gasteiger partial charge in [-0.3, -0.25) is 9.59 Å². The fourth-order valence-electron chi connectivity index (χ4n) is 4.55. The Morgan fingerprint density at radius 2 is 1.90 bits per heavy atom. The Morgan fingerprint density at radius 1 is 1.24 bits per heavy atom. The van der Waals surface area contributed by atoms with Crippen LogP contribution in [0.5, 0.6) is 0 Å². The summed E-state index contributed by atoms with van der Waals surface area (Å²) in [5.41, 5.74) is 15.5. The summed E-state index contributed by atoms with van der Waals surface area (Å²) in [6.45, 7) is 2.01. The highest BCUT2D eigenvalue weighted by Crippen LogP contribution is 2.38. The van der Waals surface area contributed by atoms with Crippen LogP contribution >= 0.6 is 0 Å². The van der Waals surface area contributed by atoms with Crippen molar-refractivity contribution in [3.05, 3.63) is 47.7 Å². The van der Waals surface area contributed by atoms with Crippen LogP contribution in [0.1, 0.15) is 57.1 Å². The third-order valence-electron chi connectivity index (χ3n) is 6.45. The molecule has 0 bridgehead atoms. The molecule has 1 saturated carbocycles. The first-order valence-corrected chi connectivity index (χ1v) is 10.5. The van der Waals surface area contributed by atoms with E-state index in [-0.39, 0.29) is 11.9 Å². The van der Waals surface area contributed by atoms with Crippen molar-refractivity contribution in [3.63, 3.8) is 0 Å². The minimum Gasteiger partial charge on any atom is -0.368 e. The van der Waals surface area contributed by atoms with Gasteiger partial charge in [0, 0.05) is 13.1 Å². The number of primary amides is 1. The van der Waals surface area contributed by atoms with Crippen molar-refractivity contribution in [3.8, 4) is 0 Å². The lowest BCUT2D eigenvalue weighted by atomic mass is 9.79. The SMILES string of the molecule is CNC(=O)C1=CC(CCC2CCC(N)CC2)(C(N)=O)N([C@@H](C)c2ccccc2)N1. The second kappa shape index (κ2) is 8.97. The van der Waals surface area contributed by atoms with E-state index in [4.69, 9.17) is 11.5 Å². The number of amides is 2. The van der Waals surface area contributed by atoms with Crippen molar-refractivity contribution in [2.24, 2.45) is 17.4 Å². The number of benzene rings is 1. The number of hydrogen-bond acceptors (Lipinski definition) is 5. The highest BCUT2D eigenvalue weighted by atomic mass is 16.2. The van der Waals surface area contributed by atoms with Gasteiger partial charge in [0.1, 0.15) is 11.2 Å². The zero-order valence-electron chi connectivity index (χ0n) is 17.4. The van der Waals surface area contributed by atoms with Crippen LogP contribution in [0.4, 0.5) is 0 Å². The molecule has 2 amide bonds. The van der Waals surface area contributed by atoms with Crippen LogP contribution in [0, 0.1) is 5.92 Å². The summed E-state index contributed by atoms with van der Waals surface area (Å²) in [6.07, 6.45) is 7.33. The predicted octanol–water partition coefficient (Wildman–Crippen LogP) is 1.72. The summed E-state index contributed by atoms with van der Waals surface area (Å²) in [4.78, 5) is 25.1. The number of carbonyl (C=O) groups excluding carboxylic acids is 2. The van der Waals surface area contributed by atoms with Gasteiger partial charge in [-0.05, 0) is 63.0 Å². The van der Waals surface area contributed by atoms with E-state index < -0.39 is 11.4 Å². The molecule has 1 aromatic rings. The Balaban J connectivity index is 1.88. The number of rotatable bonds is 7. The molecule has 29 heavy (non-hydrogen) atoms. The number of carbonyl (C=O) groups is 2. The Kier molecular flexibility index (Phi) is 6.59. The van der Waals surface area contributed by atoms with Crippen molar-refractivity contribution in [2.75, 3.05) is 7.05 Å². The largest absolute Gasteiger partial charge is 0.368 e. The number of hydrazine groups is 1. The minimum atomic E-state index is -1.06. The maximum atomic E-state index is 12.8. The molecule has 0 radical (unpaired) electrons. The Labute approximate surface area is 172 Å². The van der Waals surface area contributed by atoms with E-state index in [0.29, 0.717) is 24.1 Å². The highest BCUT2D eigenvalue weighted by Gasteiger charge is 2.49. The molecule has 1 aromatic carbocycles. The van der Waals surface area contributed by atoms with Crippen molar-refractivity contribution in [2.45, 2.75) is 63.1 Å². The normalized spacial score (nSPS) is 28.3. The van der Waals surface area contributed by atoms with Crippen LogP contribution in [-0.4, -0.2) is 35.5 Å². The fraction of sp³-hybridized carbons (Fsp3) is 0.545. The molecule has 1 aliphatic heterocycles. The van der Waals surface area contributed by atoms with Crippen LogP contribution < -0.4 is 22.2 Å². The quantitative estimate of drug-likeness (QED) is 0.557. The first-order valence-electron chi connectivity index (χ1n) is 10.5. The standard InChI is InChI=1S/C22H33N5O2/c1-15(17-6-4-3-5-7-17)27-22(21(24)29,14-19(26-27)20(28)25-2)13-12-16-8-10-18(23)11-9-16/h3-7,14-16,18,26H,8-13,23H2,1-2H3,(H2,24,29)(H,25,28)/t15-,16?,18?,22?/m0/s1. The summed E-state index contributed by atoms with van der Waals surface area (Å²) >= 11 is 0. The molecule has 158 valence electrons. The first-order chi connectivity index (χ1) is 13.9. The highest BCUT2D eigenvalue weighted by molar-refractivity contribution is 5.97. The van der Waals surface area contributed by atoms with E-state index in [1.165, 1.54) is 0 Å². The van der Waals surface area contributed by atoms with Gasteiger partial charge in [-0.25, -0.2) is 0 Å². The zero-order valence-corrected chi connectivity index (χ0v) is 17.4. The number of nitrogens with one attached hydrogen (secondary N) is 2. The van der Waals surface area contributed by atoms with E-state index in [1.54, 1.807) is 13.1 Å². The zero-order chi connectivity index (χ0) is 21.0. The van der Waals surface area contributed by atoms with E-state index >= 15 is 0 Å². The molecule has 7 heteroatoms. The van der Waals surface area contributed by atoms with Gasteiger partial charge in [0.15, 0.2) is 0 Å². The Hall–Kier alpha value is -2.38. The Bertz CT molecular complexity index is 758. The van der Waals surface area contributed by atoms with Gasteiger partial charge in [0.2, 0.25) is 5.91 Å². The lowest BCUT2D eigenvalue weighted by molar-refractivity contribution is -0.130. The average molecular weight is 400 g/mol. The molecule has 2 atom stereocenters. The average Bonchev–Trinajstić information content (AvgIpc) is 3.14. The third-order valence-corrected chi connectivity index (χ3v) is 6.45. The third kappa shape index (κ3) is 4.46. The number of likely N-dealkylation sites (N-methyl/N-ethyl adjacent to an activating group) is 1. The molecule has 2 aliphatic rings. The van der Waals surface area contributed by atoms with E-state index in [0.717, 1.165) is 37.7 Å². The monoisotopic (exact) mass is 399 g/mol. The first kappa shape index (κ1) is 21.3. The molecule has 7 nitrogen and oxygen atoms in total. The number of hydrogen-bond donors (Lipinski definition) is 4. The second-order valence-corrected chi connectivity index (χ2v) is 8.31. The number of nitrogens with zero attached hydrogens (tertiary/aromatic N) is 1. The van der Waals surface area contributed by atoms with E-state index in [9.17, 15) is 9.59 Å². The molecule has 1 fully saturated rings. The van der Waals surface area contributed by atoms with Gasteiger partial charge >= 0.3 is 0 Å². The Morgan fingerprint density at radius 3 is 2.48 bits per heavy atom. The lowest BCUT2D eigenvalue weighted by Crippen LogP contribution is -2.58. The molecule has 0 spiro atoms. The van der Waals surface area contributed by atoms with Crippen molar-refractivity contribution in [1.82, 2.24) is 15.8 Å². The lowest BCUT2D eigenvalue weighted by Gasteiger charge is -2.40. The second-order valence-electron chi connectivity index (χ2n) is 8.31.